The highest BCUT2D eigenvalue weighted by molar-refractivity contribution is 7.98. The molecule has 0 saturated carbocycles. The lowest BCUT2D eigenvalue weighted by atomic mass is 9.95. The predicted octanol–water partition coefficient (Wildman–Crippen LogP) is 4.61. The number of hydrogen-bond donors (Lipinski definition) is 1. The summed E-state index contributed by atoms with van der Waals surface area (Å²) in [7, 11) is 1.69. The summed E-state index contributed by atoms with van der Waals surface area (Å²) in [5.74, 6) is 3.10. The molecule has 1 heterocycles. The highest BCUT2D eigenvalue weighted by atomic mass is 35.5. The van der Waals surface area contributed by atoms with Crippen molar-refractivity contribution in [2.24, 2.45) is 5.92 Å². The number of nitrogens with one attached hydrogen (secondary N) is 1. The van der Waals surface area contributed by atoms with Gasteiger partial charge in [0.25, 0.3) is 0 Å². The van der Waals surface area contributed by atoms with Crippen LogP contribution in [0.15, 0.2) is 48.5 Å². The normalized spacial score (nSPS) is 15.2. The van der Waals surface area contributed by atoms with E-state index in [0.29, 0.717) is 0 Å². The summed E-state index contributed by atoms with van der Waals surface area (Å²) in [6.07, 6.45) is 1.85. The highest BCUT2D eigenvalue weighted by Gasteiger charge is 2.24. The monoisotopic (exact) mass is 432 g/mol. The van der Waals surface area contributed by atoms with Crippen LogP contribution in [0.3, 0.4) is 0 Å². The molecule has 4 nitrogen and oxygen atoms in total. The molecule has 1 fully saturated rings. The maximum Gasteiger partial charge on any atom is 0.223 e. The average molecular weight is 433 g/mol. The molecule has 0 spiro atoms. The van der Waals surface area contributed by atoms with Crippen molar-refractivity contribution in [2.75, 3.05) is 32.5 Å². The Morgan fingerprint density at radius 2 is 1.93 bits per heavy atom. The van der Waals surface area contributed by atoms with Gasteiger partial charge in [0.2, 0.25) is 5.91 Å². The van der Waals surface area contributed by atoms with Crippen molar-refractivity contribution >= 4 is 29.3 Å². The van der Waals surface area contributed by atoms with Gasteiger partial charge in [0, 0.05) is 35.5 Å². The lowest BCUT2D eigenvalue weighted by molar-refractivity contribution is -0.126. The number of rotatable bonds is 9. The number of thioether (sulfide) groups is 1. The molecule has 0 unspecified atom stereocenters. The fourth-order valence-electron chi connectivity index (χ4n) is 3.54. The number of hydrogen-bond acceptors (Lipinski definition) is 4. The van der Waals surface area contributed by atoms with Crippen LogP contribution in [0.2, 0.25) is 5.02 Å². The molecule has 1 N–H and O–H groups in total. The van der Waals surface area contributed by atoms with E-state index in [9.17, 15) is 4.79 Å². The van der Waals surface area contributed by atoms with Crippen molar-refractivity contribution in [1.29, 1.82) is 0 Å². The third-order valence-electron chi connectivity index (χ3n) is 5.23. The van der Waals surface area contributed by atoms with E-state index in [1.54, 1.807) is 7.11 Å². The molecule has 2 aromatic rings. The van der Waals surface area contributed by atoms with Crippen LogP contribution in [0.25, 0.3) is 0 Å². The number of piperidine rings is 1. The second-order valence-corrected chi connectivity index (χ2v) is 8.91. The first-order valence-corrected chi connectivity index (χ1v) is 11.6. The molecule has 1 aliphatic rings. The van der Waals surface area contributed by atoms with E-state index in [2.05, 4.69) is 22.3 Å². The van der Waals surface area contributed by atoms with Crippen molar-refractivity contribution in [2.45, 2.75) is 25.1 Å². The number of carbonyl (C=O) groups is 1. The smallest absolute Gasteiger partial charge is 0.223 e. The Hall–Kier alpha value is -1.69. The molecule has 0 radical (unpaired) electrons. The molecule has 29 heavy (non-hydrogen) atoms. The van der Waals surface area contributed by atoms with E-state index in [4.69, 9.17) is 16.3 Å². The zero-order chi connectivity index (χ0) is 20.5. The van der Waals surface area contributed by atoms with E-state index in [1.807, 2.05) is 48.2 Å². The quantitative estimate of drug-likeness (QED) is 0.587. The minimum absolute atomic E-state index is 0.137. The molecule has 0 aromatic heterocycles. The van der Waals surface area contributed by atoms with E-state index >= 15 is 0 Å². The first kappa shape index (κ1) is 22.0. The second kappa shape index (κ2) is 11.5. The molecular formula is C23H29ClN2O2S. The SMILES string of the molecule is COc1cccc(CN2CCC(C(=O)NCCSCc3ccc(Cl)cc3)CC2)c1. The Kier molecular flexibility index (Phi) is 8.71. The third-order valence-corrected chi connectivity index (χ3v) is 6.51. The summed E-state index contributed by atoms with van der Waals surface area (Å²) in [6, 6.07) is 16.1. The first-order chi connectivity index (χ1) is 14.1. The van der Waals surface area contributed by atoms with Crippen molar-refractivity contribution in [3.8, 4) is 5.75 Å². The van der Waals surface area contributed by atoms with Gasteiger partial charge in [0.1, 0.15) is 5.75 Å². The van der Waals surface area contributed by atoms with E-state index < -0.39 is 0 Å². The number of benzene rings is 2. The standard InChI is InChI=1S/C23H29ClN2O2S/c1-28-22-4-2-3-19(15-22)16-26-12-9-20(10-13-26)23(27)25-11-14-29-17-18-5-7-21(24)8-6-18/h2-8,15,20H,9-14,16-17H2,1H3,(H,25,27). The average Bonchev–Trinajstić information content (AvgIpc) is 2.75. The molecular weight excluding hydrogens is 404 g/mol. The van der Waals surface area contributed by atoms with Gasteiger partial charge in [-0.3, -0.25) is 9.69 Å². The minimum atomic E-state index is 0.137. The van der Waals surface area contributed by atoms with Gasteiger partial charge in [-0.2, -0.15) is 11.8 Å². The fraction of sp³-hybridized carbons (Fsp3) is 0.435. The van der Waals surface area contributed by atoms with Crippen LogP contribution in [0.5, 0.6) is 5.75 Å². The van der Waals surface area contributed by atoms with Crippen LogP contribution in [0, 0.1) is 5.92 Å². The van der Waals surface area contributed by atoms with E-state index in [1.165, 1.54) is 11.1 Å². The second-order valence-electron chi connectivity index (χ2n) is 7.37. The number of halogens is 1. The lowest BCUT2D eigenvalue weighted by Crippen LogP contribution is -2.40. The third kappa shape index (κ3) is 7.25. The maximum absolute atomic E-state index is 12.4. The predicted molar refractivity (Wildman–Crippen MR) is 122 cm³/mol. The molecule has 3 rings (SSSR count). The van der Waals surface area contributed by atoms with Crippen molar-refractivity contribution in [3.05, 3.63) is 64.7 Å². The first-order valence-electron chi connectivity index (χ1n) is 10.1. The topological polar surface area (TPSA) is 41.6 Å². The van der Waals surface area contributed by atoms with Gasteiger partial charge in [-0.05, 0) is 61.3 Å². The zero-order valence-electron chi connectivity index (χ0n) is 16.9. The van der Waals surface area contributed by atoms with Crippen molar-refractivity contribution in [3.63, 3.8) is 0 Å². The minimum Gasteiger partial charge on any atom is -0.497 e. The largest absolute Gasteiger partial charge is 0.497 e. The molecule has 1 saturated heterocycles. The van der Waals surface area contributed by atoms with Crippen LogP contribution in [0.1, 0.15) is 24.0 Å². The van der Waals surface area contributed by atoms with Gasteiger partial charge in [-0.25, -0.2) is 0 Å². The zero-order valence-corrected chi connectivity index (χ0v) is 18.5. The van der Waals surface area contributed by atoms with Gasteiger partial charge < -0.3 is 10.1 Å². The Balaban J connectivity index is 1.30. The summed E-state index contributed by atoms with van der Waals surface area (Å²) in [5.41, 5.74) is 2.51. The lowest BCUT2D eigenvalue weighted by Gasteiger charge is -2.31. The Bertz CT molecular complexity index is 777. The molecule has 1 aliphatic heterocycles. The van der Waals surface area contributed by atoms with Gasteiger partial charge in [0.15, 0.2) is 0 Å². The van der Waals surface area contributed by atoms with E-state index in [-0.39, 0.29) is 11.8 Å². The molecule has 156 valence electrons. The fourth-order valence-corrected chi connectivity index (χ4v) is 4.49. The summed E-state index contributed by atoms with van der Waals surface area (Å²) < 4.78 is 5.30. The van der Waals surface area contributed by atoms with Crippen LogP contribution in [-0.2, 0) is 17.1 Å². The van der Waals surface area contributed by atoms with Gasteiger partial charge in [-0.15, -0.1) is 0 Å². The number of likely N-dealkylation sites (tertiary alicyclic amines) is 1. The highest BCUT2D eigenvalue weighted by Crippen LogP contribution is 2.21. The summed E-state index contributed by atoms with van der Waals surface area (Å²) >= 11 is 7.73. The Labute approximate surface area is 183 Å². The van der Waals surface area contributed by atoms with Gasteiger partial charge in [0.05, 0.1) is 7.11 Å². The molecule has 0 aliphatic carbocycles. The molecule has 0 atom stereocenters. The van der Waals surface area contributed by atoms with Crippen LogP contribution >= 0.6 is 23.4 Å². The van der Waals surface area contributed by atoms with Crippen LogP contribution in [-0.4, -0.2) is 43.3 Å². The summed E-state index contributed by atoms with van der Waals surface area (Å²) in [6.45, 7) is 3.55. The molecule has 0 bridgehead atoms. The van der Waals surface area contributed by atoms with E-state index in [0.717, 1.165) is 61.3 Å². The molecule has 2 aromatic carbocycles. The van der Waals surface area contributed by atoms with Gasteiger partial charge in [-0.1, -0.05) is 35.9 Å². The van der Waals surface area contributed by atoms with Crippen LogP contribution in [0.4, 0.5) is 0 Å². The number of carbonyl (C=O) groups excluding carboxylic acids is 1. The molecule has 6 heteroatoms. The number of methoxy groups -OCH3 is 1. The Morgan fingerprint density at radius 1 is 1.17 bits per heavy atom. The van der Waals surface area contributed by atoms with Crippen LogP contribution < -0.4 is 10.1 Å². The number of ether oxygens (including phenoxy) is 1. The summed E-state index contributed by atoms with van der Waals surface area (Å²) in [5, 5.41) is 3.88. The Morgan fingerprint density at radius 3 is 2.66 bits per heavy atom. The van der Waals surface area contributed by atoms with Gasteiger partial charge >= 0.3 is 0 Å². The van der Waals surface area contributed by atoms with Crippen molar-refractivity contribution in [1.82, 2.24) is 10.2 Å². The van der Waals surface area contributed by atoms with Crippen molar-refractivity contribution < 1.29 is 9.53 Å². The summed E-state index contributed by atoms with van der Waals surface area (Å²) in [4.78, 5) is 14.9. The molecule has 1 amide bonds. The maximum atomic E-state index is 12.4. The number of nitrogens with zero attached hydrogens (tertiary/aromatic N) is 1. The number of amides is 1.